The minimum atomic E-state index is -0.235. The van der Waals surface area contributed by atoms with Crippen molar-refractivity contribution in [1.82, 2.24) is 9.97 Å². The maximum absolute atomic E-state index is 12.6. The normalized spacial score (nSPS) is 10.6. The first kappa shape index (κ1) is 13.2. The van der Waals surface area contributed by atoms with E-state index < -0.39 is 0 Å². The predicted octanol–water partition coefficient (Wildman–Crippen LogP) is 3.18. The van der Waals surface area contributed by atoms with E-state index >= 15 is 0 Å². The van der Waals surface area contributed by atoms with E-state index in [0.717, 1.165) is 16.5 Å². The highest BCUT2D eigenvalue weighted by Crippen LogP contribution is 2.22. The van der Waals surface area contributed by atoms with Crippen LogP contribution in [0.15, 0.2) is 48.7 Å². The molecule has 0 atom stereocenters. The zero-order chi connectivity index (χ0) is 14.8. The molecule has 0 aliphatic heterocycles. The number of para-hydroxylation sites is 1. The molecular weight excluding hydrogens is 264 g/mol. The first-order chi connectivity index (χ1) is 10.2. The van der Waals surface area contributed by atoms with Crippen LogP contribution in [0.4, 0.5) is 0 Å². The number of benzene rings is 1. The third kappa shape index (κ3) is 2.36. The lowest BCUT2D eigenvalue weighted by atomic mass is 10.1. The average Bonchev–Trinajstić information content (AvgIpc) is 2.54. The van der Waals surface area contributed by atoms with Gasteiger partial charge in [-0.2, -0.15) is 0 Å². The van der Waals surface area contributed by atoms with Gasteiger partial charge in [-0.05, 0) is 36.8 Å². The van der Waals surface area contributed by atoms with Crippen LogP contribution >= 0.6 is 0 Å². The quantitative estimate of drug-likeness (QED) is 0.690. The molecule has 0 saturated carbocycles. The molecule has 3 rings (SSSR count). The Hall–Kier alpha value is -2.75. The van der Waals surface area contributed by atoms with Crippen LogP contribution in [0.3, 0.4) is 0 Å². The van der Waals surface area contributed by atoms with Gasteiger partial charge in [0, 0.05) is 11.6 Å². The van der Waals surface area contributed by atoms with Gasteiger partial charge in [-0.15, -0.1) is 0 Å². The second kappa shape index (κ2) is 5.32. The summed E-state index contributed by atoms with van der Waals surface area (Å²) in [5.74, 6) is 0.219. The molecule has 1 aromatic carbocycles. The molecule has 0 unspecified atom stereocenters. The van der Waals surface area contributed by atoms with E-state index in [0.29, 0.717) is 11.4 Å². The van der Waals surface area contributed by atoms with Gasteiger partial charge in [-0.3, -0.25) is 4.79 Å². The topological polar surface area (TPSA) is 52.1 Å². The van der Waals surface area contributed by atoms with Gasteiger partial charge in [0.25, 0.3) is 0 Å². The molecule has 2 heterocycles. The van der Waals surface area contributed by atoms with E-state index in [-0.39, 0.29) is 11.5 Å². The van der Waals surface area contributed by atoms with Crippen LogP contribution in [0.1, 0.15) is 21.7 Å². The molecule has 0 bridgehead atoms. The summed E-state index contributed by atoms with van der Waals surface area (Å²) in [6, 6.07) is 13.0. The third-order valence-electron chi connectivity index (χ3n) is 3.36. The van der Waals surface area contributed by atoms with Crippen molar-refractivity contribution in [2.45, 2.75) is 6.92 Å². The number of rotatable bonds is 3. The number of carbonyl (C=O) groups is 1. The van der Waals surface area contributed by atoms with Crippen LogP contribution < -0.4 is 4.74 Å². The lowest BCUT2D eigenvalue weighted by molar-refractivity contribution is 0.102. The number of methoxy groups -OCH3 is 1. The average molecular weight is 278 g/mol. The lowest BCUT2D eigenvalue weighted by Gasteiger charge is -2.08. The van der Waals surface area contributed by atoms with Gasteiger partial charge in [0.1, 0.15) is 11.4 Å². The zero-order valence-electron chi connectivity index (χ0n) is 11.8. The molecule has 3 aromatic rings. The second-order valence-corrected chi connectivity index (χ2v) is 4.72. The van der Waals surface area contributed by atoms with Gasteiger partial charge >= 0.3 is 0 Å². The maximum Gasteiger partial charge on any atom is 0.233 e. The third-order valence-corrected chi connectivity index (χ3v) is 3.36. The number of ketones is 1. The van der Waals surface area contributed by atoms with Crippen LogP contribution in [0, 0.1) is 6.92 Å². The van der Waals surface area contributed by atoms with Gasteiger partial charge in [0.15, 0.2) is 5.69 Å². The van der Waals surface area contributed by atoms with Crippen LogP contribution in [0.25, 0.3) is 10.9 Å². The summed E-state index contributed by atoms with van der Waals surface area (Å²) in [5, 5.41) is 1.04. The summed E-state index contributed by atoms with van der Waals surface area (Å²) in [5.41, 5.74) is 2.47. The highest BCUT2D eigenvalue weighted by molar-refractivity contribution is 6.09. The zero-order valence-corrected chi connectivity index (χ0v) is 11.8. The molecule has 0 N–H and O–H groups in total. The van der Waals surface area contributed by atoms with Crippen molar-refractivity contribution >= 4 is 16.7 Å². The molecular formula is C17H14N2O2. The summed E-state index contributed by atoms with van der Waals surface area (Å²) in [4.78, 5) is 21.2. The Balaban J connectivity index is 2.14. The number of nitrogens with zero attached hydrogens (tertiary/aromatic N) is 2. The van der Waals surface area contributed by atoms with Gasteiger partial charge in [0.05, 0.1) is 12.6 Å². The number of hydrogen-bond acceptors (Lipinski definition) is 4. The van der Waals surface area contributed by atoms with E-state index in [9.17, 15) is 4.79 Å². The number of carbonyl (C=O) groups excluding carboxylic acids is 1. The van der Waals surface area contributed by atoms with Crippen molar-refractivity contribution in [2.24, 2.45) is 0 Å². The molecule has 0 radical (unpaired) electrons. The Kier molecular flexibility index (Phi) is 3.36. The Morgan fingerprint density at radius 2 is 1.95 bits per heavy atom. The Labute approximate surface area is 122 Å². The molecule has 0 fully saturated rings. The Morgan fingerprint density at radius 1 is 1.14 bits per heavy atom. The maximum atomic E-state index is 12.6. The fourth-order valence-corrected chi connectivity index (χ4v) is 2.31. The summed E-state index contributed by atoms with van der Waals surface area (Å²) in [6.07, 6.45) is 1.57. The monoisotopic (exact) mass is 278 g/mol. The van der Waals surface area contributed by atoms with Crippen LogP contribution in [-0.4, -0.2) is 22.9 Å². The van der Waals surface area contributed by atoms with Gasteiger partial charge < -0.3 is 4.74 Å². The molecule has 0 aliphatic carbocycles. The van der Waals surface area contributed by atoms with E-state index in [1.165, 1.54) is 7.11 Å². The number of fused-ring (bicyclic) bond motifs is 1. The number of aryl methyl sites for hydroxylation is 1. The first-order valence-corrected chi connectivity index (χ1v) is 6.61. The van der Waals surface area contributed by atoms with Crippen molar-refractivity contribution in [1.29, 1.82) is 0 Å². The molecule has 4 heteroatoms. The SMILES string of the molecule is COc1cccnc1C(=O)c1cc(C)c2ccccc2n1. The molecule has 21 heavy (non-hydrogen) atoms. The predicted molar refractivity (Wildman–Crippen MR) is 80.7 cm³/mol. The van der Waals surface area contributed by atoms with Gasteiger partial charge in [0.2, 0.25) is 5.78 Å². The van der Waals surface area contributed by atoms with E-state index in [4.69, 9.17) is 4.74 Å². The highest BCUT2D eigenvalue weighted by atomic mass is 16.5. The number of pyridine rings is 2. The minimum Gasteiger partial charge on any atom is -0.494 e. The molecule has 0 aliphatic rings. The Morgan fingerprint density at radius 3 is 2.76 bits per heavy atom. The Bertz CT molecular complexity index is 828. The van der Waals surface area contributed by atoms with Crippen molar-refractivity contribution in [3.8, 4) is 5.75 Å². The van der Waals surface area contributed by atoms with E-state index in [1.54, 1.807) is 24.4 Å². The fraction of sp³-hybridized carbons (Fsp3) is 0.118. The standard InChI is InChI=1S/C17H14N2O2/c1-11-10-14(19-13-7-4-3-6-12(11)13)17(20)16-15(21-2)8-5-9-18-16/h3-10H,1-2H3. The number of ether oxygens (including phenoxy) is 1. The largest absolute Gasteiger partial charge is 0.494 e. The van der Waals surface area contributed by atoms with Crippen molar-refractivity contribution in [2.75, 3.05) is 7.11 Å². The fourth-order valence-electron chi connectivity index (χ4n) is 2.31. The van der Waals surface area contributed by atoms with Crippen LogP contribution in [-0.2, 0) is 0 Å². The van der Waals surface area contributed by atoms with Crippen molar-refractivity contribution in [3.63, 3.8) is 0 Å². The molecule has 0 amide bonds. The summed E-state index contributed by atoms with van der Waals surface area (Å²) in [7, 11) is 1.52. The molecule has 2 aromatic heterocycles. The number of aromatic nitrogens is 2. The summed E-state index contributed by atoms with van der Waals surface area (Å²) < 4.78 is 5.19. The number of hydrogen-bond donors (Lipinski definition) is 0. The summed E-state index contributed by atoms with van der Waals surface area (Å²) in [6.45, 7) is 1.97. The van der Waals surface area contributed by atoms with Gasteiger partial charge in [-0.1, -0.05) is 18.2 Å². The molecule has 4 nitrogen and oxygen atoms in total. The van der Waals surface area contributed by atoms with Crippen LogP contribution in [0.2, 0.25) is 0 Å². The van der Waals surface area contributed by atoms with E-state index in [1.807, 2.05) is 31.2 Å². The first-order valence-electron chi connectivity index (χ1n) is 6.61. The second-order valence-electron chi connectivity index (χ2n) is 4.72. The van der Waals surface area contributed by atoms with E-state index in [2.05, 4.69) is 9.97 Å². The molecule has 104 valence electrons. The molecule has 0 spiro atoms. The summed E-state index contributed by atoms with van der Waals surface area (Å²) >= 11 is 0. The smallest absolute Gasteiger partial charge is 0.233 e. The molecule has 0 saturated heterocycles. The van der Waals surface area contributed by atoms with Crippen molar-refractivity contribution in [3.05, 3.63) is 65.6 Å². The van der Waals surface area contributed by atoms with Crippen molar-refractivity contribution < 1.29 is 9.53 Å². The van der Waals surface area contributed by atoms with Gasteiger partial charge in [-0.25, -0.2) is 9.97 Å². The highest BCUT2D eigenvalue weighted by Gasteiger charge is 2.18. The minimum absolute atomic E-state index is 0.235. The van der Waals surface area contributed by atoms with Crippen LogP contribution in [0.5, 0.6) is 5.75 Å². The lowest BCUT2D eigenvalue weighted by Crippen LogP contribution is -2.09.